The smallest absolute Gasteiger partial charge is 0.312 e. The zero-order valence-corrected chi connectivity index (χ0v) is 20.7. The summed E-state index contributed by atoms with van der Waals surface area (Å²) in [4.78, 5) is 38.4. The van der Waals surface area contributed by atoms with Gasteiger partial charge < -0.3 is 14.9 Å². The summed E-state index contributed by atoms with van der Waals surface area (Å²) < 4.78 is 6.06. The van der Waals surface area contributed by atoms with Gasteiger partial charge in [0.05, 0.1) is 11.5 Å². The van der Waals surface area contributed by atoms with Crippen LogP contribution in [-0.2, 0) is 19.1 Å². The highest BCUT2D eigenvalue weighted by Gasteiger charge is 2.70. The van der Waals surface area contributed by atoms with Crippen molar-refractivity contribution in [2.45, 2.75) is 78.9 Å². The Morgan fingerprint density at radius 2 is 1.91 bits per heavy atom. The van der Waals surface area contributed by atoms with E-state index in [-0.39, 0.29) is 29.5 Å². The highest BCUT2D eigenvalue weighted by molar-refractivity contribution is 6.01. The first kappa shape index (κ1) is 24.3. The third-order valence-corrected chi connectivity index (χ3v) is 9.41. The molecule has 6 nitrogen and oxygen atoms in total. The molecular weight excluding hydrogens is 420 g/mol. The van der Waals surface area contributed by atoms with Crippen molar-refractivity contribution in [3.63, 3.8) is 0 Å². The number of aliphatic hydroxyl groups is 2. The van der Waals surface area contributed by atoms with E-state index >= 15 is 0 Å². The van der Waals surface area contributed by atoms with Crippen LogP contribution in [-0.4, -0.2) is 46.1 Å². The van der Waals surface area contributed by atoms with Crippen molar-refractivity contribution in [2.75, 3.05) is 6.61 Å². The molecule has 6 heteroatoms. The van der Waals surface area contributed by atoms with Crippen molar-refractivity contribution in [3.05, 3.63) is 23.8 Å². The van der Waals surface area contributed by atoms with Crippen molar-refractivity contribution in [1.29, 1.82) is 0 Å². The van der Waals surface area contributed by atoms with Crippen LogP contribution in [0.5, 0.6) is 0 Å². The van der Waals surface area contributed by atoms with Crippen LogP contribution < -0.4 is 0 Å². The first-order chi connectivity index (χ1) is 15.2. The number of ether oxygens (including phenoxy) is 1. The lowest BCUT2D eigenvalue weighted by Gasteiger charge is -2.61. The summed E-state index contributed by atoms with van der Waals surface area (Å²) >= 11 is 0. The largest absolute Gasteiger partial charge is 0.450 e. The fourth-order valence-electron chi connectivity index (χ4n) is 7.86. The molecule has 0 aromatic heterocycles. The molecule has 0 saturated heterocycles. The minimum atomic E-state index is -1.44. The first-order valence-electron chi connectivity index (χ1n) is 12.2. The first-order valence-corrected chi connectivity index (χ1v) is 12.2. The van der Waals surface area contributed by atoms with Crippen molar-refractivity contribution < 1.29 is 29.3 Å². The predicted molar refractivity (Wildman–Crippen MR) is 123 cm³/mol. The third kappa shape index (κ3) is 3.31. The molecule has 4 aliphatic carbocycles. The van der Waals surface area contributed by atoms with Crippen molar-refractivity contribution in [3.8, 4) is 0 Å². The maximum atomic E-state index is 13.3. The molecule has 182 valence electrons. The Kier molecular flexibility index (Phi) is 5.61. The van der Waals surface area contributed by atoms with E-state index in [2.05, 4.69) is 13.8 Å². The zero-order chi connectivity index (χ0) is 24.6. The van der Waals surface area contributed by atoms with Crippen LogP contribution >= 0.6 is 0 Å². The summed E-state index contributed by atoms with van der Waals surface area (Å²) in [7, 11) is 0. The van der Waals surface area contributed by atoms with E-state index < -0.39 is 46.3 Å². The number of Topliss-reactive ketones (excluding diaryl/α,β-unsaturated/α-hetero) is 1. The Labute approximate surface area is 196 Å². The summed E-state index contributed by atoms with van der Waals surface area (Å²) in [6.45, 7) is 10.8. The summed E-state index contributed by atoms with van der Waals surface area (Å²) in [6, 6.07) is 0. The highest BCUT2D eigenvalue weighted by atomic mass is 16.6. The van der Waals surface area contributed by atoms with E-state index in [0.717, 1.165) is 12.0 Å². The van der Waals surface area contributed by atoms with Crippen LogP contribution in [0.15, 0.2) is 23.8 Å². The lowest BCUT2D eigenvalue weighted by atomic mass is 9.44. The predicted octanol–water partition coefficient (Wildman–Crippen LogP) is 3.40. The number of ketones is 2. The van der Waals surface area contributed by atoms with Gasteiger partial charge in [-0.3, -0.25) is 14.4 Å². The van der Waals surface area contributed by atoms with Crippen LogP contribution in [0, 0.1) is 39.9 Å². The maximum absolute atomic E-state index is 13.3. The molecule has 0 unspecified atom stereocenters. The number of carbonyl (C=O) groups excluding carboxylic acids is 3. The zero-order valence-electron chi connectivity index (χ0n) is 20.7. The van der Waals surface area contributed by atoms with E-state index in [9.17, 15) is 24.6 Å². The Hall–Kier alpha value is -1.79. The fraction of sp³-hybridized carbons (Fsp3) is 0.741. The molecule has 0 radical (unpaired) electrons. The molecule has 8 atom stereocenters. The minimum absolute atomic E-state index is 0.00886. The fourth-order valence-corrected chi connectivity index (χ4v) is 7.86. The molecule has 3 fully saturated rings. The number of hydrogen-bond acceptors (Lipinski definition) is 6. The second kappa shape index (κ2) is 7.61. The lowest BCUT2D eigenvalue weighted by Crippen LogP contribution is -2.63. The normalized spacial score (nSPS) is 44.4. The second-order valence-corrected chi connectivity index (χ2v) is 12.3. The van der Waals surface area contributed by atoms with Crippen molar-refractivity contribution in [2.24, 2.45) is 39.9 Å². The van der Waals surface area contributed by atoms with Crippen molar-refractivity contribution >= 4 is 17.5 Å². The quantitative estimate of drug-likeness (QED) is 0.629. The average Bonchev–Trinajstić information content (AvgIpc) is 3.00. The molecule has 33 heavy (non-hydrogen) atoms. The molecule has 2 N–H and O–H groups in total. The number of fused-ring (bicyclic) bond motifs is 5. The minimum Gasteiger partial charge on any atom is -0.450 e. The van der Waals surface area contributed by atoms with Gasteiger partial charge in [0.2, 0.25) is 5.78 Å². The Morgan fingerprint density at radius 1 is 1.24 bits per heavy atom. The molecule has 0 amide bonds. The van der Waals surface area contributed by atoms with E-state index in [0.29, 0.717) is 19.3 Å². The summed E-state index contributed by atoms with van der Waals surface area (Å²) in [6.07, 6.45) is 6.74. The topological polar surface area (TPSA) is 101 Å². The summed E-state index contributed by atoms with van der Waals surface area (Å²) in [5.74, 6) is -0.705. The van der Waals surface area contributed by atoms with Crippen LogP contribution in [0.1, 0.15) is 67.2 Å². The van der Waals surface area contributed by atoms with Gasteiger partial charge in [-0.1, -0.05) is 32.4 Å². The van der Waals surface area contributed by atoms with Gasteiger partial charge in [-0.2, -0.15) is 0 Å². The van der Waals surface area contributed by atoms with Gasteiger partial charge >= 0.3 is 5.97 Å². The van der Waals surface area contributed by atoms with Crippen LogP contribution in [0.3, 0.4) is 0 Å². The number of aliphatic hydroxyl groups excluding tert-OH is 2. The van der Waals surface area contributed by atoms with E-state index in [1.807, 2.05) is 13.0 Å². The Balaban J connectivity index is 1.78. The van der Waals surface area contributed by atoms with Crippen molar-refractivity contribution in [1.82, 2.24) is 0 Å². The molecule has 4 aliphatic rings. The Bertz CT molecular complexity index is 941. The molecule has 0 aromatic rings. The number of hydrogen-bond donors (Lipinski definition) is 2. The van der Waals surface area contributed by atoms with Crippen LogP contribution in [0.2, 0.25) is 0 Å². The summed E-state index contributed by atoms with van der Waals surface area (Å²) in [5.41, 5.74) is -2.36. The van der Waals surface area contributed by atoms with E-state index in [1.165, 1.54) is 0 Å². The van der Waals surface area contributed by atoms with E-state index in [4.69, 9.17) is 4.74 Å². The maximum Gasteiger partial charge on any atom is 0.312 e. The molecule has 0 aromatic carbocycles. The van der Waals surface area contributed by atoms with Gasteiger partial charge in [0.1, 0.15) is 6.61 Å². The number of allylic oxidation sites excluding steroid dienone is 4. The van der Waals surface area contributed by atoms with E-state index in [1.54, 1.807) is 32.9 Å². The second-order valence-electron chi connectivity index (χ2n) is 12.3. The monoisotopic (exact) mass is 458 g/mol. The number of carbonyl (C=O) groups is 3. The molecule has 4 rings (SSSR count). The summed E-state index contributed by atoms with van der Waals surface area (Å²) in [5, 5.41) is 21.5. The molecule has 3 saturated carbocycles. The molecule has 0 spiro atoms. The van der Waals surface area contributed by atoms with Gasteiger partial charge in [-0.25, -0.2) is 0 Å². The molecule has 0 heterocycles. The third-order valence-electron chi connectivity index (χ3n) is 9.41. The Morgan fingerprint density at radius 3 is 2.52 bits per heavy atom. The van der Waals surface area contributed by atoms with Crippen LogP contribution in [0.25, 0.3) is 0 Å². The molecule has 0 bridgehead atoms. The van der Waals surface area contributed by atoms with Gasteiger partial charge in [-0.15, -0.1) is 0 Å². The number of rotatable bonds is 3. The lowest BCUT2D eigenvalue weighted by molar-refractivity contribution is -0.206. The average molecular weight is 459 g/mol. The van der Waals surface area contributed by atoms with Gasteiger partial charge in [0.15, 0.2) is 11.4 Å². The highest BCUT2D eigenvalue weighted by Crippen LogP contribution is 2.68. The van der Waals surface area contributed by atoms with Gasteiger partial charge in [0, 0.05) is 16.7 Å². The number of esters is 1. The molecule has 0 aliphatic heterocycles. The van der Waals surface area contributed by atoms with Gasteiger partial charge in [0.25, 0.3) is 0 Å². The molecular formula is C27H38O6. The standard InChI is InChI=1S/C27H38O6/c1-15-11-17-18-8-10-27(21(31)14-28,33-23(32)24(2,3)4)26(18,6)13-20(30)22(17)25(5)9-7-16(29)12-19(15)25/h7,9,12,15,17-18,20,22,28,30H,8,10-11,13-14H2,1-6H3/t15-,17-,18-,20-,22+,25-,26-,27-/m0/s1. The van der Waals surface area contributed by atoms with Crippen LogP contribution in [0.4, 0.5) is 0 Å². The SMILES string of the molecule is C[C@H]1C[C@@H]2[C@H]([C@@H](O)C[C@@]3(C)[C@H]2CC[C@]3(OC(=O)C(C)(C)C)C(=O)CO)[C@@]2(C)C=CC(=O)C=C12. The van der Waals surface area contributed by atoms with Gasteiger partial charge in [-0.05, 0) is 76.4 Å².